The van der Waals surface area contributed by atoms with Gasteiger partial charge in [-0.1, -0.05) is 24.3 Å². The number of ether oxygens (including phenoxy) is 2. The van der Waals surface area contributed by atoms with Crippen molar-refractivity contribution in [1.29, 1.82) is 0 Å². The SMILES string of the molecule is CCOC(=O)C1=C(N)Oc2c(c(=O)[nH]c3ccccc23)[C@@H]1c1ccc(N(C)C)cc1. The molecule has 0 spiro atoms. The van der Waals surface area contributed by atoms with Crippen LogP contribution in [0.1, 0.15) is 24.0 Å². The monoisotopic (exact) mass is 405 g/mol. The summed E-state index contributed by atoms with van der Waals surface area (Å²) >= 11 is 0. The second-order valence-electron chi connectivity index (χ2n) is 7.26. The fraction of sp³-hybridized carbons (Fsp3) is 0.217. The van der Waals surface area contributed by atoms with E-state index in [4.69, 9.17) is 15.2 Å². The lowest BCUT2D eigenvalue weighted by molar-refractivity contribution is -0.139. The third kappa shape index (κ3) is 3.18. The van der Waals surface area contributed by atoms with Crippen molar-refractivity contribution < 1.29 is 14.3 Å². The van der Waals surface area contributed by atoms with Gasteiger partial charge in [0.05, 0.1) is 23.6 Å². The molecule has 0 fully saturated rings. The zero-order valence-electron chi connectivity index (χ0n) is 17.1. The van der Waals surface area contributed by atoms with Gasteiger partial charge in [-0.25, -0.2) is 4.79 Å². The van der Waals surface area contributed by atoms with Crippen LogP contribution in [0.25, 0.3) is 10.9 Å². The molecule has 1 aromatic heterocycles. The number of nitrogens with one attached hydrogen (secondary N) is 1. The molecule has 3 N–H and O–H groups in total. The van der Waals surface area contributed by atoms with Crippen LogP contribution in [-0.2, 0) is 9.53 Å². The Morgan fingerprint density at radius 3 is 2.53 bits per heavy atom. The first kappa shape index (κ1) is 19.6. The molecule has 1 aliphatic rings. The topological polar surface area (TPSA) is 97.6 Å². The Hall–Kier alpha value is -3.74. The lowest BCUT2D eigenvalue weighted by Gasteiger charge is -2.28. The van der Waals surface area contributed by atoms with Crippen LogP contribution < -0.4 is 20.9 Å². The van der Waals surface area contributed by atoms with Gasteiger partial charge in [0.25, 0.3) is 5.56 Å². The van der Waals surface area contributed by atoms with Gasteiger partial charge in [-0.3, -0.25) is 4.79 Å². The highest BCUT2D eigenvalue weighted by Gasteiger charge is 2.38. The number of benzene rings is 2. The first-order valence-corrected chi connectivity index (χ1v) is 9.69. The predicted octanol–water partition coefficient (Wildman–Crippen LogP) is 2.85. The van der Waals surface area contributed by atoms with E-state index >= 15 is 0 Å². The number of para-hydroxylation sites is 1. The summed E-state index contributed by atoms with van der Waals surface area (Å²) in [6.07, 6.45) is 0. The molecule has 0 aliphatic carbocycles. The van der Waals surface area contributed by atoms with Crippen LogP contribution >= 0.6 is 0 Å². The number of hydrogen-bond donors (Lipinski definition) is 2. The number of aromatic nitrogens is 1. The Labute approximate surface area is 173 Å². The van der Waals surface area contributed by atoms with Gasteiger partial charge in [0.15, 0.2) is 0 Å². The molecule has 7 nitrogen and oxygen atoms in total. The van der Waals surface area contributed by atoms with Gasteiger partial charge in [-0.05, 0) is 36.8 Å². The van der Waals surface area contributed by atoms with Crippen molar-refractivity contribution in [2.75, 3.05) is 25.6 Å². The number of aromatic amines is 1. The number of hydrogen-bond acceptors (Lipinski definition) is 6. The van der Waals surface area contributed by atoms with Crippen LogP contribution in [0.15, 0.2) is 64.8 Å². The minimum atomic E-state index is -0.711. The summed E-state index contributed by atoms with van der Waals surface area (Å²) in [7, 11) is 3.88. The molecule has 1 aliphatic heterocycles. The van der Waals surface area contributed by atoms with Gasteiger partial charge in [0.2, 0.25) is 5.88 Å². The van der Waals surface area contributed by atoms with Crippen molar-refractivity contribution in [3.05, 3.63) is 81.5 Å². The minimum absolute atomic E-state index is 0.0570. The normalized spacial score (nSPS) is 15.5. The zero-order valence-corrected chi connectivity index (χ0v) is 17.1. The zero-order chi connectivity index (χ0) is 21.4. The highest BCUT2D eigenvalue weighted by atomic mass is 16.5. The van der Waals surface area contributed by atoms with E-state index < -0.39 is 11.9 Å². The number of esters is 1. The largest absolute Gasteiger partial charge is 0.462 e. The number of anilines is 1. The van der Waals surface area contributed by atoms with E-state index in [2.05, 4.69) is 4.98 Å². The maximum Gasteiger partial charge on any atom is 0.340 e. The highest BCUT2D eigenvalue weighted by molar-refractivity contribution is 5.95. The van der Waals surface area contributed by atoms with Gasteiger partial charge < -0.3 is 25.1 Å². The van der Waals surface area contributed by atoms with Gasteiger partial charge >= 0.3 is 5.97 Å². The molecule has 30 heavy (non-hydrogen) atoms. The Kier molecular flexibility index (Phi) is 4.95. The number of carbonyl (C=O) groups excluding carboxylic acids is 1. The second kappa shape index (κ2) is 7.59. The first-order chi connectivity index (χ1) is 14.4. The quantitative estimate of drug-likeness (QED) is 0.648. The molecule has 4 rings (SSSR count). The van der Waals surface area contributed by atoms with Crippen molar-refractivity contribution >= 4 is 22.6 Å². The molecule has 0 saturated heterocycles. The average molecular weight is 405 g/mol. The van der Waals surface area contributed by atoms with Crippen molar-refractivity contribution in [3.63, 3.8) is 0 Å². The van der Waals surface area contributed by atoms with E-state index in [9.17, 15) is 9.59 Å². The number of H-pyrrole nitrogens is 1. The molecular weight excluding hydrogens is 382 g/mol. The maximum atomic E-state index is 13.1. The minimum Gasteiger partial charge on any atom is -0.462 e. The molecule has 0 unspecified atom stereocenters. The molecular formula is C23H23N3O4. The number of carbonyl (C=O) groups is 1. The molecule has 2 heterocycles. The molecule has 0 radical (unpaired) electrons. The highest BCUT2D eigenvalue weighted by Crippen LogP contribution is 2.43. The molecule has 0 saturated carbocycles. The molecule has 0 amide bonds. The summed E-state index contributed by atoms with van der Waals surface area (Å²) in [6.45, 7) is 1.90. The molecule has 1 atom stereocenters. The van der Waals surface area contributed by atoms with E-state index in [1.807, 2.05) is 61.5 Å². The smallest absolute Gasteiger partial charge is 0.340 e. The van der Waals surface area contributed by atoms with E-state index in [-0.39, 0.29) is 23.6 Å². The van der Waals surface area contributed by atoms with Gasteiger partial charge in [-0.15, -0.1) is 0 Å². The number of pyridine rings is 1. The maximum absolute atomic E-state index is 13.1. The van der Waals surface area contributed by atoms with Gasteiger partial charge in [0, 0.05) is 25.2 Å². The van der Waals surface area contributed by atoms with E-state index in [1.54, 1.807) is 13.0 Å². The Bertz CT molecular complexity index is 1210. The summed E-state index contributed by atoms with van der Waals surface area (Å²) in [5.41, 5.74) is 8.71. The lowest BCUT2D eigenvalue weighted by Crippen LogP contribution is -2.32. The molecule has 154 valence electrons. The van der Waals surface area contributed by atoms with Crippen LogP contribution in [0.3, 0.4) is 0 Å². The number of rotatable bonds is 4. The first-order valence-electron chi connectivity index (χ1n) is 9.69. The Morgan fingerprint density at radius 1 is 1.17 bits per heavy atom. The van der Waals surface area contributed by atoms with Crippen LogP contribution in [-0.4, -0.2) is 31.7 Å². The standard InChI is InChI=1S/C23H23N3O4/c1-4-29-23(28)19-17(13-9-11-14(12-10-13)26(2)3)18-20(30-21(19)24)15-7-5-6-8-16(15)25-22(18)27/h5-12,17H,4,24H2,1-3H3,(H,25,27)/t17-/m0/s1. The van der Waals surface area contributed by atoms with Crippen molar-refractivity contribution in [2.45, 2.75) is 12.8 Å². The molecule has 0 bridgehead atoms. The summed E-state index contributed by atoms with van der Waals surface area (Å²) in [6, 6.07) is 14.9. The summed E-state index contributed by atoms with van der Waals surface area (Å²) < 4.78 is 11.1. The van der Waals surface area contributed by atoms with Crippen LogP contribution in [0.4, 0.5) is 5.69 Å². The fourth-order valence-corrected chi connectivity index (χ4v) is 3.78. The van der Waals surface area contributed by atoms with E-state index in [0.717, 1.165) is 11.3 Å². The summed E-state index contributed by atoms with van der Waals surface area (Å²) in [5.74, 6) is -1.01. The van der Waals surface area contributed by atoms with E-state index in [0.29, 0.717) is 22.2 Å². The van der Waals surface area contributed by atoms with Gasteiger partial charge in [0.1, 0.15) is 11.3 Å². The lowest BCUT2D eigenvalue weighted by atomic mass is 9.83. The molecule has 2 aromatic carbocycles. The fourth-order valence-electron chi connectivity index (χ4n) is 3.78. The molecule has 3 aromatic rings. The number of fused-ring (bicyclic) bond motifs is 3. The van der Waals surface area contributed by atoms with Crippen LogP contribution in [0.2, 0.25) is 0 Å². The third-order valence-electron chi connectivity index (χ3n) is 5.20. The summed E-state index contributed by atoms with van der Waals surface area (Å²) in [4.78, 5) is 30.8. The van der Waals surface area contributed by atoms with Crippen molar-refractivity contribution in [3.8, 4) is 5.75 Å². The van der Waals surface area contributed by atoms with Crippen LogP contribution in [0, 0.1) is 0 Å². The number of nitrogens with zero attached hydrogens (tertiary/aromatic N) is 1. The van der Waals surface area contributed by atoms with Crippen molar-refractivity contribution in [2.24, 2.45) is 5.73 Å². The average Bonchev–Trinajstić information content (AvgIpc) is 2.73. The third-order valence-corrected chi connectivity index (χ3v) is 5.20. The predicted molar refractivity (Wildman–Crippen MR) is 116 cm³/mol. The Morgan fingerprint density at radius 2 is 1.87 bits per heavy atom. The van der Waals surface area contributed by atoms with Crippen LogP contribution in [0.5, 0.6) is 5.75 Å². The van der Waals surface area contributed by atoms with Crippen molar-refractivity contribution in [1.82, 2.24) is 4.98 Å². The van der Waals surface area contributed by atoms with E-state index in [1.165, 1.54) is 0 Å². The Balaban J connectivity index is 1.99. The molecule has 7 heteroatoms. The second-order valence-corrected chi connectivity index (χ2v) is 7.26. The summed E-state index contributed by atoms with van der Waals surface area (Å²) in [5, 5.41) is 0.716. The number of nitrogens with two attached hydrogens (primary N) is 1. The van der Waals surface area contributed by atoms with Gasteiger partial charge in [-0.2, -0.15) is 0 Å².